The van der Waals surface area contributed by atoms with E-state index in [-0.39, 0.29) is 17.9 Å². The largest absolute Gasteiger partial charge is 0.484 e. The molecule has 2 rings (SSSR count). The van der Waals surface area contributed by atoms with Gasteiger partial charge in [-0.1, -0.05) is 32.4 Å². The molecule has 5 heteroatoms. The average molecular weight is 319 g/mol. The Morgan fingerprint density at radius 2 is 1.91 bits per heavy atom. The number of aromatic nitrogens is 1. The van der Waals surface area contributed by atoms with Crippen molar-refractivity contribution in [3.05, 3.63) is 53.3 Å². The Hall–Kier alpha value is -2.07. The number of hydrogen-bond acceptors (Lipinski definition) is 3. The van der Waals surface area contributed by atoms with E-state index in [2.05, 4.69) is 31.1 Å². The highest BCUT2D eigenvalue weighted by Gasteiger charge is 2.16. The van der Waals surface area contributed by atoms with Crippen molar-refractivity contribution in [3.63, 3.8) is 0 Å². The van der Waals surface area contributed by atoms with Gasteiger partial charge in [0.25, 0.3) is 5.91 Å². The van der Waals surface area contributed by atoms with Crippen LogP contribution in [0.5, 0.6) is 5.75 Å². The zero-order valence-electron chi connectivity index (χ0n) is 12.9. The molecule has 0 unspecified atom stereocenters. The molecule has 0 bridgehead atoms. The van der Waals surface area contributed by atoms with Gasteiger partial charge in [-0.15, -0.1) is 0 Å². The first-order valence-electron chi connectivity index (χ1n) is 6.99. The third-order valence-corrected chi connectivity index (χ3v) is 3.25. The highest BCUT2D eigenvalue weighted by atomic mass is 35.5. The van der Waals surface area contributed by atoms with Gasteiger partial charge < -0.3 is 10.1 Å². The van der Waals surface area contributed by atoms with E-state index < -0.39 is 0 Å². The molecule has 0 aliphatic heterocycles. The monoisotopic (exact) mass is 318 g/mol. The number of benzene rings is 1. The molecule has 22 heavy (non-hydrogen) atoms. The Morgan fingerprint density at radius 1 is 1.23 bits per heavy atom. The average Bonchev–Trinajstić information content (AvgIpc) is 2.46. The molecule has 0 spiro atoms. The number of pyridine rings is 1. The van der Waals surface area contributed by atoms with Crippen LogP contribution >= 0.6 is 11.6 Å². The van der Waals surface area contributed by atoms with E-state index in [1.54, 1.807) is 36.5 Å². The van der Waals surface area contributed by atoms with Crippen LogP contribution in [0.2, 0.25) is 5.02 Å². The first-order chi connectivity index (χ1) is 10.3. The zero-order valence-corrected chi connectivity index (χ0v) is 13.6. The summed E-state index contributed by atoms with van der Waals surface area (Å²) in [5.41, 5.74) is 1.56. The highest BCUT2D eigenvalue weighted by molar-refractivity contribution is 6.30. The standard InChI is InChI=1S/C17H19ClN2O2/c1-17(2,3)15-10-13(8-9-19-15)20-16(21)11-22-14-6-4-12(18)5-7-14/h4-10H,11H2,1-3H3,(H,19,20,21). The highest BCUT2D eigenvalue weighted by Crippen LogP contribution is 2.22. The maximum atomic E-state index is 11.9. The minimum Gasteiger partial charge on any atom is -0.484 e. The number of carbonyl (C=O) groups is 1. The smallest absolute Gasteiger partial charge is 0.262 e. The quantitative estimate of drug-likeness (QED) is 0.925. The Bertz CT molecular complexity index is 648. The lowest BCUT2D eigenvalue weighted by Gasteiger charge is -2.18. The molecule has 0 atom stereocenters. The molecule has 1 amide bonds. The van der Waals surface area contributed by atoms with Crippen LogP contribution in [-0.4, -0.2) is 17.5 Å². The molecule has 1 heterocycles. The molecule has 0 saturated carbocycles. The third kappa shape index (κ3) is 4.74. The fraction of sp³-hybridized carbons (Fsp3) is 0.294. The van der Waals surface area contributed by atoms with Gasteiger partial charge in [0.05, 0.1) is 0 Å². The molecule has 0 fully saturated rings. The summed E-state index contributed by atoms with van der Waals surface area (Å²) in [6.45, 7) is 6.16. The molecule has 2 aromatic rings. The zero-order chi connectivity index (χ0) is 16.2. The number of ether oxygens (including phenoxy) is 1. The maximum absolute atomic E-state index is 11.9. The Kier molecular flexibility index (Phi) is 5.03. The van der Waals surface area contributed by atoms with Gasteiger partial charge in [-0.25, -0.2) is 0 Å². The van der Waals surface area contributed by atoms with Crippen molar-refractivity contribution in [3.8, 4) is 5.75 Å². The second-order valence-electron chi connectivity index (χ2n) is 5.97. The van der Waals surface area contributed by atoms with Gasteiger partial charge in [0.2, 0.25) is 0 Å². The normalized spacial score (nSPS) is 11.1. The van der Waals surface area contributed by atoms with Gasteiger partial charge in [0, 0.05) is 28.0 Å². The summed E-state index contributed by atoms with van der Waals surface area (Å²) in [6.07, 6.45) is 1.69. The summed E-state index contributed by atoms with van der Waals surface area (Å²) < 4.78 is 5.41. The number of hydrogen-bond donors (Lipinski definition) is 1. The van der Waals surface area contributed by atoms with Crippen LogP contribution < -0.4 is 10.1 Å². The van der Waals surface area contributed by atoms with Gasteiger partial charge in [-0.3, -0.25) is 9.78 Å². The Morgan fingerprint density at radius 3 is 2.55 bits per heavy atom. The number of nitrogens with one attached hydrogen (secondary N) is 1. The molecular weight excluding hydrogens is 300 g/mol. The molecule has 0 radical (unpaired) electrons. The minimum atomic E-state index is -0.221. The van der Waals surface area contributed by atoms with Crippen molar-refractivity contribution >= 4 is 23.2 Å². The fourth-order valence-electron chi connectivity index (χ4n) is 1.80. The van der Waals surface area contributed by atoms with Crippen LogP contribution in [0.4, 0.5) is 5.69 Å². The molecule has 0 aliphatic carbocycles. The topological polar surface area (TPSA) is 51.2 Å². The Labute approximate surface area is 135 Å². The van der Waals surface area contributed by atoms with Crippen LogP contribution in [0.15, 0.2) is 42.6 Å². The van der Waals surface area contributed by atoms with Crippen molar-refractivity contribution in [2.24, 2.45) is 0 Å². The predicted molar refractivity (Wildman–Crippen MR) is 88.5 cm³/mol. The number of anilines is 1. The summed E-state index contributed by atoms with van der Waals surface area (Å²) in [7, 11) is 0. The summed E-state index contributed by atoms with van der Waals surface area (Å²) >= 11 is 5.79. The third-order valence-electron chi connectivity index (χ3n) is 3.00. The van der Waals surface area contributed by atoms with Crippen LogP contribution in [0.25, 0.3) is 0 Å². The number of rotatable bonds is 4. The SMILES string of the molecule is CC(C)(C)c1cc(NC(=O)COc2ccc(Cl)cc2)ccn1. The van der Waals surface area contributed by atoms with E-state index in [1.165, 1.54) is 0 Å². The van der Waals surface area contributed by atoms with E-state index in [4.69, 9.17) is 16.3 Å². The number of amides is 1. The van der Waals surface area contributed by atoms with Gasteiger partial charge in [-0.05, 0) is 36.4 Å². The van der Waals surface area contributed by atoms with E-state index in [0.717, 1.165) is 5.69 Å². The van der Waals surface area contributed by atoms with Gasteiger partial charge >= 0.3 is 0 Å². The van der Waals surface area contributed by atoms with Crippen molar-refractivity contribution in [1.82, 2.24) is 4.98 Å². The summed E-state index contributed by atoms with van der Waals surface area (Å²) in [4.78, 5) is 16.3. The van der Waals surface area contributed by atoms with E-state index in [0.29, 0.717) is 16.5 Å². The lowest BCUT2D eigenvalue weighted by atomic mass is 9.91. The first kappa shape index (κ1) is 16.3. The molecule has 116 valence electrons. The summed E-state index contributed by atoms with van der Waals surface area (Å²) in [5, 5.41) is 3.43. The number of carbonyl (C=O) groups excluding carboxylic acids is 1. The van der Waals surface area contributed by atoms with Gasteiger partial charge in [0.15, 0.2) is 6.61 Å². The molecule has 0 saturated heterocycles. The molecular formula is C17H19ClN2O2. The van der Waals surface area contributed by atoms with Crippen LogP contribution in [0, 0.1) is 0 Å². The lowest BCUT2D eigenvalue weighted by Crippen LogP contribution is -2.21. The lowest BCUT2D eigenvalue weighted by molar-refractivity contribution is -0.118. The molecule has 1 N–H and O–H groups in total. The van der Waals surface area contributed by atoms with Gasteiger partial charge in [-0.2, -0.15) is 0 Å². The van der Waals surface area contributed by atoms with Crippen LogP contribution in [-0.2, 0) is 10.2 Å². The molecule has 0 aliphatic rings. The van der Waals surface area contributed by atoms with E-state index in [1.807, 2.05) is 6.07 Å². The van der Waals surface area contributed by atoms with Gasteiger partial charge in [0.1, 0.15) is 5.75 Å². The first-order valence-corrected chi connectivity index (χ1v) is 7.37. The second kappa shape index (κ2) is 6.79. The number of halogens is 1. The summed E-state index contributed by atoms with van der Waals surface area (Å²) in [6, 6.07) is 10.5. The van der Waals surface area contributed by atoms with Crippen LogP contribution in [0.1, 0.15) is 26.5 Å². The van der Waals surface area contributed by atoms with Crippen LogP contribution in [0.3, 0.4) is 0 Å². The summed E-state index contributed by atoms with van der Waals surface area (Å²) in [5.74, 6) is 0.380. The van der Waals surface area contributed by atoms with Crippen molar-refractivity contribution in [2.45, 2.75) is 26.2 Å². The minimum absolute atomic E-state index is 0.0607. The van der Waals surface area contributed by atoms with Crippen molar-refractivity contribution in [2.75, 3.05) is 11.9 Å². The molecule has 1 aromatic carbocycles. The fourth-order valence-corrected chi connectivity index (χ4v) is 1.92. The molecule has 4 nitrogen and oxygen atoms in total. The maximum Gasteiger partial charge on any atom is 0.262 e. The molecule has 1 aromatic heterocycles. The predicted octanol–water partition coefficient (Wildman–Crippen LogP) is 4.05. The Balaban J connectivity index is 1.93. The van der Waals surface area contributed by atoms with E-state index in [9.17, 15) is 4.79 Å². The van der Waals surface area contributed by atoms with E-state index >= 15 is 0 Å². The number of nitrogens with zero attached hydrogens (tertiary/aromatic N) is 1. The second-order valence-corrected chi connectivity index (χ2v) is 6.41. The van der Waals surface area contributed by atoms with Crippen molar-refractivity contribution in [1.29, 1.82) is 0 Å². The van der Waals surface area contributed by atoms with Crippen molar-refractivity contribution < 1.29 is 9.53 Å².